The zero-order chi connectivity index (χ0) is 20.5. The number of benzene rings is 3. The van der Waals surface area contributed by atoms with E-state index >= 15 is 0 Å². The second-order valence-electron chi connectivity index (χ2n) is 6.53. The SMILES string of the molecule is Cc1ccc(C(=O)c2oc3ccccc3c2NC(=O)c2ccccc2Br)cc1F. The molecule has 0 aliphatic carbocycles. The van der Waals surface area contributed by atoms with E-state index in [1.807, 2.05) is 0 Å². The number of carbonyl (C=O) groups is 2. The number of furan rings is 1. The molecule has 0 radical (unpaired) electrons. The summed E-state index contributed by atoms with van der Waals surface area (Å²) in [5.41, 5.74) is 1.70. The summed E-state index contributed by atoms with van der Waals surface area (Å²) in [5, 5.41) is 3.38. The summed E-state index contributed by atoms with van der Waals surface area (Å²) in [6.45, 7) is 1.62. The fraction of sp³-hybridized carbons (Fsp3) is 0.0435. The number of halogens is 2. The summed E-state index contributed by atoms with van der Waals surface area (Å²) in [4.78, 5) is 25.9. The average molecular weight is 452 g/mol. The minimum atomic E-state index is -0.512. The molecule has 4 nitrogen and oxygen atoms in total. The van der Waals surface area contributed by atoms with E-state index in [0.717, 1.165) is 0 Å². The molecule has 0 saturated heterocycles. The Kier molecular flexibility index (Phi) is 5.03. The number of anilines is 1. The molecule has 0 aliphatic rings. The molecule has 0 atom stereocenters. The second-order valence-corrected chi connectivity index (χ2v) is 7.38. The Morgan fingerprint density at radius 1 is 1.00 bits per heavy atom. The van der Waals surface area contributed by atoms with Gasteiger partial charge >= 0.3 is 0 Å². The molecule has 0 spiro atoms. The first-order chi connectivity index (χ1) is 14.0. The molecule has 6 heteroatoms. The van der Waals surface area contributed by atoms with Gasteiger partial charge in [-0.15, -0.1) is 0 Å². The number of amides is 1. The van der Waals surface area contributed by atoms with Crippen LogP contribution in [0.2, 0.25) is 0 Å². The Morgan fingerprint density at radius 2 is 1.72 bits per heavy atom. The van der Waals surface area contributed by atoms with Crippen LogP contribution in [-0.4, -0.2) is 11.7 Å². The van der Waals surface area contributed by atoms with Crippen molar-refractivity contribution < 1.29 is 18.4 Å². The van der Waals surface area contributed by atoms with Gasteiger partial charge in [-0.1, -0.05) is 36.4 Å². The molecular formula is C23H15BrFNO3. The Balaban J connectivity index is 1.80. The van der Waals surface area contributed by atoms with Crippen LogP contribution in [0.3, 0.4) is 0 Å². The van der Waals surface area contributed by atoms with Crippen LogP contribution in [0.25, 0.3) is 11.0 Å². The van der Waals surface area contributed by atoms with Crippen molar-refractivity contribution in [2.45, 2.75) is 6.92 Å². The molecule has 0 aliphatic heterocycles. The van der Waals surface area contributed by atoms with E-state index in [-0.39, 0.29) is 17.0 Å². The molecule has 4 rings (SSSR count). The highest BCUT2D eigenvalue weighted by molar-refractivity contribution is 9.10. The van der Waals surface area contributed by atoms with Crippen LogP contribution in [0, 0.1) is 12.7 Å². The third-order valence-corrected chi connectivity index (χ3v) is 5.28. The summed E-state index contributed by atoms with van der Waals surface area (Å²) in [6.07, 6.45) is 0. The van der Waals surface area contributed by atoms with Crippen LogP contribution in [0.15, 0.2) is 75.6 Å². The van der Waals surface area contributed by atoms with E-state index < -0.39 is 17.5 Å². The summed E-state index contributed by atoms with van der Waals surface area (Å²) in [5.74, 6) is -1.43. The predicted molar refractivity (Wildman–Crippen MR) is 113 cm³/mol. The maximum absolute atomic E-state index is 14.0. The number of hydrogen-bond donors (Lipinski definition) is 1. The number of fused-ring (bicyclic) bond motifs is 1. The van der Waals surface area contributed by atoms with Gasteiger partial charge in [0.15, 0.2) is 5.76 Å². The first-order valence-corrected chi connectivity index (χ1v) is 9.63. The van der Waals surface area contributed by atoms with Gasteiger partial charge in [0, 0.05) is 15.4 Å². The molecule has 3 aromatic carbocycles. The predicted octanol–water partition coefficient (Wildman–Crippen LogP) is 6.13. The Hall–Kier alpha value is -3.25. The van der Waals surface area contributed by atoms with Crippen LogP contribution in [0.5, 0.6) is 0 Å². The van der Waals surface area contributed by atoms with Crippen molar-refractivity contribution in [2.24, 2.45) is 0 Å². The summed E-state index contributed by atoms with van der Waals surface area (Å²) in [7, 11) is 0. The van der Waals surface area contributed by atoms with Gasteiger partial charge in [-0.25, -0.2) is 4.39 Å². The number of carbonyl (C=O) groups excluding carboxylic acids is 2. The van der Waals surface area contributed by atoms with E-state index in [9.17, 15) is 14.0 Å². The summed E-state index contributed by atoms with van der Waals surface area (Å²) >= 11 is 3.36. The lowest BCUT2D eigenvalue weighted by Crippen LogP contribution is -2.15. The van der Waals surface area contributed by atoms with Gasteiger partial charge in [0.1, 0.15) is 11.4 Å². The standard InChI is InChI=1S/C23H15BrFNO3/c1-13-10-11-14(12-18(13)25)21(27)22-20(16-7-3-5-9-19(16)29-22)26-23(28)15-6-2-4-8-17(15)24/h2-12H,1H3,(H,26,28). The van der Waals surface area contributed by atoms with Gasteiger partial charge in [0.2, 0.25) is 5.78 Å². The normalized spacial score (nSPS) is 10.9. The first kappa shape index (κ1) is 19.1. The highest BCUT2D eigenvalue weighted by Gasteiger charge is 2.24. The molecular weight excluding hydrogens is 437 g/mol. The topological polar surface area (TPSA) is 59.3 Å². The van der Waals surface area contributed by atoms with E-state index in [1.54, 1.807) is 55.5 Å². The van der Waals surface area contributed by atoms with Crippen LogP contribution in [0.4, 0.5) is 10.1 Å². The van der Waals surface area contributed by atoms with Gasteiger partial charge in [0.05, 0.1) is 11.3 Å². The number of nitrogens with one attached hydrogen (secondary N) is 1. The zero-order valence-electron chi connectivity index (χ0n) is 15.3. The zero-order valence-corrected chi connectivity index (χ0v) is 16.9. The molecule has 0 saturated carbocycles. The monoisotopic (exact) mass is 451 g/mol. The number of rotatable bonds is 4. The van der Waals surface area contributed by atoms with Crippen molar-refractivity contribution in [2.75, 3.05) is 5.32 Å². The minimum absolute atomic E-state index is 0.0464. The van der Waals surface area contributed by atoms with E-state index in [4.69, 9.17) is 4.42 Å². The third kappa shape index (κ3) is 3.59. The van der Waals surface area contributed by atoms with Crippen molar-refractivity contribution >= 4 is 44.3 Å². The van der Waals surface area contributed by atoms with Crippen molar-refractivity contribution in [1.82, 2.24) is 0 Å². The van der Waals surface area contributed by atoms with E-state index in [0.29, 0.717) is 26.6 Å². The van der Waals surface area contributed by atoms with Crippen molar-refractivity contribution in [3.63, 3.8) is 0 Å². The molecule has 29 heavy (non-hydrogen) atoms. The van der Waals surface area contributed by atoms with Crippen LogP contribution in [-0.2, 0) is 0 Å². The number of hydrogen-bond acceptors (Lipinski definition) is 3. The number of ketones is 1. The molecule has 144 valence electrons. The second kappa shape index (κ2) is 7.64. The summed E-state index contributed by atoms with van der Waals surface area (Å²) < 4.78 is 20.4. The largest absolute Gasteiger partial charge is 0.450 e. The number of aryl methyl sites for hydroxylation is 1. The smallest absolute Gasteiger partial charge is 0.256 e. The third-order valence-electron chi connectivity index (χ3n) is 4.59. The fourth-order valence-electron chi connectivity index (χ4n) is 3.02. The lowest BCUT2D eigenvalue weighted by atomic mass is 10.0. The lowest BCUT2D eigenvalue weighted by molar-refractivity contribution is 0.101. The molecule has 0 bridgehead atoms. The average Bonchev–Trinajstić information content (AvgIpc) is 3.08. The minimum Gasteiger partial charge on any atom is -0.450 e. The molecule has 1 amide bonds. The number of para-hydroxylation sites is 1. The fourth-order valence-corrected chi connectivity index (χ4v) is 3.49. The summed E-state index contributed by atoms with van der Waals surface area (Å²) in [6, 6.07) is 18.2. The molecule has 0 fully saturated rings. The van der Waals surface area contributed by atoms with Crippen LogP contribution in [0.1, 0.15) is 32.0 Å². The highest BCUT2D eigenvalue weighted by Crippen LogP contribution is 2.33. The molecule has 1 heterocycles. The van der Waals surface area contributed by atoms with Crippen molar-refractivity contribution in [3.8, 4) is 0 Å². The van der Waals surface area contributed by atoms with Gasteiger partial charge in [-0.2, -0.15) is 0 Å². The van der Waals surface area contributed by atoms with Crippen molar-refractivity contribution in [3.05, 3.63) is 99.5 Å². The highest BCUT2D eigenvalue weighted by atomic mass is 79.9. The Bertz CT molecular complexity index is 1260. The van der Waals surface area contributed by atoms with Gasteiger partial charge in [-0.3, -0.25) is 9.59 Å². The van der Waals surface area contributed by atoms with E-state index in [2.05, 4.69) is 21.2 Å². The van der Waals surface area contributed by atoms with Gasteiger partial charge < -0.3 is 9.73 Å². The van der Waals surface area contributed by atoms with E-state index in [1.165, 1.54) is 18.2 Å². The van der Waals surface area contributed by atoms with Gasteiger partial charge in [0.25, 0.3) is 5.91 Å². The maximum Gasteiger partial charge on any atom is 0.256 e. The van der Waals surface area contributed by atoms with Gasteiger partial charge in [-0.05, 0) is 58.7 Å². The quantitative estimate of drug-likeness (QED) is 0.379. The van der Waals surface area contributed by atoms with Crippen LogP contribution >= 0.6 is 15.9 Å². The van der Waals surface area contributed by atoms with Crippen LogP contribution < -0.4 is 5.32 Å². The maximum atomic E-state index is 14.0. The first-order valence-electron chi connectivity index (χ1n) is 8.84. The molecule has 0 unspecified atom stereocenters. The Labute approximate surface area is 174 Å². The lowest BCUT2D eigenvalue weighted by Gasteiger charge is -2.08. The molecule has 1 N–H and O–H groups in total. The molecule has 4 aromatic rings. The molecule has 1 aromatic heterocycles. The van der Waals surface area contributed by atoms with Crippen molar-refractivity contribution in [1.29, 1.82) is 0 Å². The Morgan fingerprint density at radius 3 is 2.48 bits per heavy atom.